The van der Waals surface area contributed by atoms with Crippen LogP contribution in [0.1, 0.15) is 30.1 Å². The molecule has 0 radical (unpaired) electrons. The van der Waals surface area contributed by atoms with Crippen LogP contribution in [0.3, 0.4) is 0 Å². The number of amides is 2. The average molecular weight is 351 g/mol. The number of hydrogen-bond donors (Lipinski definition) is 2. The van der Waals surface area contributed by atoms with E-state index in [-0.39, 0.29) is 6.03 Å². The third-order valence-electron chi connectivity index (χ3n) is 4.48. The number of carbonyl (C=O) groups excluding carboxylic acids is 1. The molecule has 26 heavy (non-hydrogen) atoms. The average Bonchev–Trinajstić information content (AvgIpc) is 3.35. The molecule has 2 aromatic heterocycles. The molecule has 1 aliphatic rings. The summed E-state index contributed by atoms with van der Waals surface area (Å²) in [5.41, 5.74) is 1.97. The van der Waals surface area contributed by atoms with Gasteiger partial charge in [-0.3, -0.25) is 0 Å². The van der Waals surface area contributed by atoms with Crippen LogP contribution < -0.4 is 10.6 Å². The molecule has 0 bridgehead atoms. The van der Waals surface area contributed by atoms with Crippen molar-refractivity contribution in [3.05, 3.63) is 59.9 Å². The van der Waals surface area contributed by atoms with Gasteiger partial charge in [-0.15, -0.1) is 10.2 Å². The van der Waals surface area contributed by atoms with Gasteiger partial charge in [0.1, 0.15) is 5.82 Å². The quantitative estimate of drug-likeness (QED) is 0.733. The van der Waals surface area contributed by atoms with Crippen LogP contribution in [0.5, 0.6) is 0 Å². The Morgan fingerprint density at radius 3 is 2.92 bits per heavy atom. The van der Waals surface area contributed by atoms with Gasteiger partial charge in [0.25, 0.3) is 0 Å². The second-order valence-corrected chi connectivity index (χ2v) is 6.30. The highest BCUT2D eigenvalue weighted by Crippen LogP contribution is 2.14. The first-order valence-electron chi connectivity index (χ1n) is 8.81. The van der Waals surface area contributed by atoms with Crippen LogP contribution in [0, 0.1) is 0 Å². The van der Waals surface area contributed by atoms with Crippen molar-refractivity contribution < 1.29 is 4.79 Å². The molecule has 2 amide bonds. The Kier molecular flexibility index (Phi) is 4.63. The van der Waals surface area contributed by atoms with Crippen molar-refractivity contribution in [3.63, 3.8) is 0 Å². The molecule has 0 saturated heterocycles. The Hall–Kier alpha value is -3.16. The van der Waals surface area contributed by atoms with Crippen molar-refractivity contribution in [1.82, 2.24) is 35.2 Å². The molecule has 1 aliphatic heterocycles. The first-order valence-corrected chi connectivity index (χ1v) is 8.81. The fourth-order valence-electron chi connectivity index (χ4n) is 3.13. The van der Waals surface area contributed by atoms with Crippen molar-refractivity contribution in [2.45, 2.75) is 38.9 Å². The lowest BCUT2D eigenvalue weighted by atomic mass is 10.2. The number of aromatic nitrogens is 5. The van der Waals surface area contributed by atoms with Crippen LogP contribution in [-0.4, -0.2) is 30.6 Å². The molecule has 8 heteroatoms. The van der Waals surface area contributed by atoms with Gasteiger partial charge in [-0.1, -0.05) is 12.1 Å². The number of fused-ring (bicyclic) bond motifs is 1. The van der Waals surface area contributed by atoms with Gasteiger partial charge in [-0.05, 0) is 36.6 Å². The van der Waals surface area contributed by atoms with Crippen LogP contribution >= 0.6 is 0 Å². The summed E-state index contributed by atoms with van der Waals surface area (Å²) >= 11 is 0. The molecule has 2 N–H and O–H groups in total. The fourth-order valence-corrected chi connectivity index (χ4v) is 3.13. The fraction of sp³-hybridized carbons (Fsp3) is 0.333. The monoisotopic (exact) mass is 351 g/mol. The SMILES string of the molecule is O=C(NCc1cccc(-n2cccn2)c1)NCc1nnc2n1CCCC2. The molecule has 3 heterocycles. The smallest absolute Gasteiger partial charge is 0.315 e. The zero-order valence-corrected chi connectivity index (χ0v) is 14.4. The molecule has 0 unspecified atom stereocenters. The summed E-state index contributed by atoms with van der Waals surface area (Å²) in [4.78, 5) is 12.1. The Morgan fingerprint density at radius 2 is 2.04 bits per heavy atom. The first kappa shape index (κ1) is 16.3. The van der Waals surface area contributed by atoms with Gasteiger partial charge in [-0.25, -0.2) is 9.48 Å². The minimum Gasteiger partial charge on any atom is -0.334 e. The van der Waals surface area contributed by atoms with Crippen molar-refractivity contribution >= 4 is 6.03 Å². The molecular weight excluding hydrogens is 330 g/mol. The summed E-state index contributed by atoms with van der Waals surface area (Å²) in [6.45, 7) is 1.76. The van der Waals surface area contributed by atoms with E-state index >= 15 is 0 Å². The molecule has 0 fully saturated rings. The molecule has 0 atom stereocenters. The van der Waals surface area contributed by atoms with Gasteiger partial charge in [0.15, 0.2) is 5.82 Å². The maximum Gasteiger partial charge on any atom is 0.315 e. The van der Waals surface area contributed by atoms with E-state index in [1.54, 1.807) is 10.9 Å². The minimum absolute atomic E-state index is 0.220. The number of aryl methyl sites for hydroxylation is 1. The Morgan fingerprint density at radius 1 is 1.12 bits per heavy atom. The van der Waals surface area contributed by atoms with E-state index in [1.165, 1.54) is 0 Å². The largest absolute Gasteiger partial charge is 0.334 e. The number of nitrogens with one attached hydrogen (secondary N) is 2. The second-order valence-electron chi connectivity index (χ2n) is 6.30. The zero-order valence-electron chi connectivity index (χ0n) is 14.4. The Bertz CT molecular complexity index is 885. The summed E-state index contributed by atoms with van der Waals surface area (Å²) in [6, 6.07) is 9.56. The summed E-state index contributed by atoms with van der Waals surface area (Å²) < 4.78 is 3.90. The molecule has 1 aromatic carbocycles. The second kappa shape index (κ2) is 7.38. The van der Waals surface area contributed by atoms with Gasteiger partial charge in [0, 0.05) is 31.9 Å². The topological polar surface area (TPSA) is 89.7 Å². The van der Waals surface area contributed by atoms with E-state index < -0.39 is 0 Å². The zero-order chi connectivity index (χ0) is 17.8. The predicted molar refractivity (Wildman–Crippen MR) is 95.6 cm³/mol. The summed E-state index contributed by atoms with van der Waals surface area (Å²) in [6.07, 6.45) is 6.88. The van der Waals surface area contributed by atoms with E-state index in [9.17, 15) is 4.79 Å². The molecular formula is C18H21N7O. The summed E-state index contributed by atoms with van der Waals surface area (Å²) in [5, 5.41) is 18.3. The van der Waals surface area contributed by atoms with Crippen LogP contribution in [0.15, 0.2) is 42.7 Å². The van der Waals surface area contributed by atoms with E-state index in [0.717, 1.165) is 48.7 Å². The number of hydrogen-bond acceptors (Lipinski definition) is 4. The van der Waals surface area contributed by atoms with Gasteiger partial charge < -0.3 is 15.2 Å². The lowest BCUT2D eigenvalue weighted by Gasteiger charge is -2.15. The third kappa shape index (κ3) is 3.58. The molecule has 0 saturated carbocycles. The number of carbonyl (C=O) groups is 1. The van der Waals surface area contributed by atoms with Gasteiger partial charge in [0.05, 0.1) is 12.2 Å². The van der Waals surface area contributed by atoms with E-state index in [2.05, 4.69) is 30.5 Å². The number of urea groups is 1. The predicted octanol–water partition coefficient (Wildman–Crippen LogP) is 1.80. The molecule has 4 rings (SSSR count). The normalized spacial score (nSPS) is 13.2. The van der Waals surface area contributed by atoms with Crippen LogP contribution in [-0.2, 0) is 26.1 Å². The Balaban J connectivity index is 1.30. The van der Waals surface area contributed by atoms with Crippen LogP contribution in [0.25, 0.3) is 5.69 Å². The van der Waals surface area contributed by atoms with Gasteiger partial charge in [0.2, 0.25) is 0 Å². The van der Waals surface area contributed by atoms with Gasteiger partial charge in [-0.2, -0.15) is 5.10 Å². The molecule has 8 nitrogen and oxygen atoms in total. The highest BCUT2D eigenvalue weighted by molar-refractivity contribution is 5.73. The highest BCUT2D eigenvalue weighted by Gasteiger charge is 2.15. The van der Waals surface area contributed by atoms with Crippen molar-refractivity contribution in [1.29, 1.82) is 0 Å². The van der Waals surface area contributed by atoms with Crippen molar-refractivity contribution in [3.8, 4) is 5.69 Å². The maximum atomic E-state index is 12.1. The Labute approximate surface area is 151 Å². The molecule has 3 aromatic rings. The lowest BCUT2D eigenvalue weighted by molar-refractivity contribution is 0.239. The van der Waals surface area contributed by atoms with Gasteiger partial charge >= 0.3 is 6.03 Å². The van der Waals surface area contributed by atoms with E-state index in [4.69, 9.17) is 0 Å². The lowest BCUT2D eigenvalue weighted by Crippen LogP contribution is -2.35. The molecule has 0 aliphatic carbocycles. The number of benzene rings is 1. The van der Waals surface area contributed by atoms with E-state index in [0.29, 0.717) is 13.1 Å². The summed E-state index contributed by atoms with van der Waals surface area (Å²) in [7, 11) is 0. The van der Waals surface area contributed by atoms with Crippen molar-refractivity contribution in [2.24, 2.45) is 0 Å². The third-order valence-corrected chi connectivity index (χ3v) is 4.48. The first-order chi connectivity index (χ1) is 12.8. The highest BCUT2D eigenvalue weighted by atomic mass is 16.2. The number of rotatable bonds is 5. The minimum atomic E-state index is -0.220. The van der Waals surface area contributed by atoms with Crippen LogP contribution in [0.2, 0.25) is 0 Å². The van der Waals surface area contributed by atoms with E-state index in [1.807, 2.05) is 36.5 Å². The summed E-state index contributed by atoms with van der Waals surface area (Å²) in [5.74, 6) is 1.83. The van der Waals surface area contributed by atoms with Crippen molar-refractivity contribution in [2.75, 3.05) is 0 Å². The molecule has 0 spiro atoms. The number of nitrogens with zero attached hydrogens (tertiary/aromatic N) is 5. The molecule has 134 valence electrons. The van der Waals surface area contributed by atoms with Crippen LogP contribution in [0.4, 0.5) is 4.79 Å². The standard InChI is InChI=1S/C18H21N7O/c26-18(20-13-17-23-22-16-7-1-2-9-24(16)17)19-12-14-5-3-6-15(11-14)25-10-4-8-21-25/h3-6,8,10-11H,1-2,7,9,12-13H2,(H2,19,20,26). The maximum absolute atomic E-state index is 12.1.